The maximum absolute atomic E-state index is 13.3. The number of nitrogens with zero attached hydrogens (tertiary/aromatic N) is 3. The predicted octanol–water partition coefficient (Wildman–Crippen LogP) is 4.64. The van der Waals surface area contributed by atoms with E-state index in [1.165, 1.54) is 6.07 Å². The number of aryl methyl sites for hydroxylation is 1. The van der Waals surface area contributed by atoms with Crippen molar-refractivity contribution in [1.82, 2.24) is 14.7 Å². The molecule has 0 radical (unpaired) electrons. The van der Waals surface area contributed by atoms with Gasteiger partial charge in [-0.25, -0.2) is 4.68 Å². The van der Waals surface area contributed by atoms with Gasteiger partial charge in [0.05, 0.1) is 5.69 Å². The fourth-order valence-corrected chi connectivity index (χ4v) is 3.23. The Morgan fingerprint density at radius 2 is 1.79 bits per heavy atom. The van der Waals surface area contributed by atoms with E-state index in [1.54, 1.807) is 40.8 Å². The molecule has 0 saturated carbocycles. The summed E-state index contributed by atoms with van der Waals surface area (Å²) in [5, 5.41) is 5.03. The minimum Gasteiger partial charge on any atom is -0.330 e. The molecule has 1 heterocycles. The molecule has 0 saturated heterocycles. The first-order chi connectivity index (χ1) is 13.9. The minimum absolute atomic E-state index is 0.0332. The van der Waals surface area contributed by atoms with Crippen molar-refractivity contribution in [3.8, 4) is 5.69 Å². The van der Waals surface area contributed by atoms with Crippen LogP contribution in [0.15, 0.2) is 65.5 Å². The number of carbonyl (C=O) groups excluding carboxylic acids is 1. The zero-order chi connectivity index (χ0) is 21.0. The van der Waals surface area contributed by atoms with Gasteiger partial charge in [-0.3, -0.25) is 9.59 Å². The van der Waals surface area contributed by atoms with Gasteiger partial charge in [-0.1, -0.05) is 48.9 Å². The van der Waals surface area contributed by atoms with E-state index in [1.807, 2.05) is 44.2 Å². The second kappa shape index (κ2) is 9.05. The summed E-state index contributed by atoms with van der Waals surface area (Å²) in [6.07, 6.45) is 0.774. The summed E-state index contributed by atoms with van der Waals surface area (Å²) in [6, 6.07) is 18.3. The van der Waals surface area contributed by atoms with Crippen LogP contribution in [0.2, 0.25) is 5.02 Å². The number of amides is 1. The lowest BCUT2D eigenvalue weighted by Crippen LogP contribution is -2.41. The van der Waals surface area contributed by atoms with Gasteiger partial charge in [-0.05, 0) is 50.1 Å². The highest BCUT2D eigenvalue weighted by molar-refractivity contribution is 6.30. The smallest absolute Gasteiger partial charge is 0.278 e. The Balaban J connectivity index is 2.02. The molecule has 0 aliphatic rings. The lowest BCUT2D eigenvalue weighted by molar-refractivity contribution is 0.0662. The van der Waals surface area contributed by atoms with Crippen LogP contribution in [0.5, 0.6) is 0 Å². The third-order valence-electron chi connectivity index (χ3n) is 4.96. The van der Waals surface area contributed by atoms with E-state index in [4.69, 9.17) is 11.6 Å². The Morgan fingerprint density at radius 1 is 1.14 bits per heavy atom. The van der Waals surface area contributed by atoms with Gasteiger partial charge in [-0.15, -0.1) is 0 Å². The zero-order valence-electron chi connectivity index (χ0n) is 16.8. The summed E-state index contributed by atoms with van der Waals surface area (Å²) in [6.45, 7) is 6.20. The van der Waals surface area contributed by atoms with Crippen LogP contribution >= 0.6 is 11.6 Å². The van der Waals surface area contributed by atoms with Gasteiger partial charge in [0.15, 0.2) is 5.69 Å². The fraction of sp³-hybridized carbons (Fsp3) is 0.261. The van der Waals surface area contributed by atoms with Crippen molar-refractivity contribution in [2.24, 2.45) is 0 Å². The average molecular weight is 410 g/mol. The Hall–Kier alpha value is -2.92. The van der Waals surface area contributed by atoms with Gasteiger partial charge in [0.25, 0.3) is 5.91 Å². The molecule has 1 atom stereocenters. The molecule has 1 amide bonds. The summed E-state index contributed by atoms with van der Waals surface area (Å²) in [4.78, 5) is 27.7. The van der Waals surface area contributed by atoms with Crippen LogP contribution in [-0.4, -0.2) is 26.6 Å². The SMILES string of the molecule is CC[C@H](C)N(Cc1ccccc1)C(=O)c1nn(-c2ccc(Cl)cc2)c(C)cc1=O. The van der Waals surface area contributed by atoms with Gasteiger partial charge in [0.2, 0.25) is 5.43 Å². The molecule has 5 nitrogen and oxygen atoms in total. The van der Waals surface area contributed by atoms with Crippen molar-refractivity contribution in [1.29, 1.82) is 0 Å². The molecular formula is C23H24ClN3O2. The normalized spacial score (nSPS) is 11.9. The Labute approximate surface area is 175 Å². The second-order valence-corrected chi connectivity index (χ2v) is 7.50. The zero-order valence-corrected chi connectivity index (χ0v) is 17.6. The largest absolute Gasteiger partial charge is 0.330 e. The molecule has 0 spiro atoms. The van der Waals surface area contributed by atoms with Crippen molar-refractivity contribution in [2.45, 2.75) is 39.8 Å². The van der Waals surface area contributed by atoms with Crippen molar-refractivity contribution >= 4 is 17.5 Å². The van der Waals surface area contributed by atoms with Crippen LogP contribution in [0.1, 0.15) is 42.0 Å². The second-order valence-electron chi connectivity index (χ2n) is 7.06. The molecule has 0 aliphatic carbocycles. The summed E-state index contributed by atoms with van der Waals surface area (Å²) < 4.78 is 1.60. The lowest BCUT2D eigenvalue weighted by Gasteiger charge is -2.28. The first-order valence-electron chi connectivity index (χ1n) is 9.62. The third-order valence-corrected chi connectivity index (χ3v) is 5.21. The molecule has 3 aromatic rings. The van der Waals surface area contributed by atoms with E-state index in [0.29, 0.717) is 17.3 Å². The van der Waals surface area contributed by atoms with Crippen LogP contribution < -0.4 is 5.43 Å². The topological polar surface area (TPSA) is 55.2 Å². The van der Waals surface area contributed by atoms with Crippen molar-refractivity contribution in [3.63, 3.8) is 0 Å². The number of halogens is 1. The molecule has 1 aromatic heterocycles. The van der Waals surface area contributed by atoms with Crippen LogP contribution in [-0.2, 0) is 6.54 Å². The van der Waals surface area contributed by atoms with Crippen molar-refractivity contribution in [2.75, 3.05) is 0 Å². The van der Waals surface area contributed by atoms with E-state index in [2.05, 4.69) is 5.10 Å². The molecule has 0 fully saturated rings. The number of aromatic nitrogens is 2. The third kappa shape index (κ3) is 4.74. The van der Waals surface area contributed by atoms with E-state index >= 15 is 0 Å². The number of rotatable bonds is 6. The Bertz CT molecular complexity index is 1050. The van der Waals surface area contributed by atoms with Crippen LogP contribution in [0.4, 0.5) is 0 Å². The highest BCUT2D eigenvalue weighted by atomic mass is 35.5. The summed E-state index contributed by atoms with van der Waals surface area (Å²) in [7, 11) is 0. The number of hydrogen-bond donors (Lipinski definition) is 0. The molecule has 6 heteroatoms. The van der Waals surface area contributed by atoms with Gasteiger partial charge in [0, 0.05) is 29.4 Å². The minimum atomic E-state index is -0.376. The standard InChI is InChI=1S/C23H24ClN3O2/c1-4-16(2)26(15-18-8-6-5-7-9-18)23(29)22-21(28)14-17(3)27(25-22)20-12-10-19(24)11-13-20/h5-14,16H,4,15H2,1-3H3/t16-/m0/s1. The molecule has 0 bridgehead atoms. The maximum Gasteiger partial charge on any atom is 0.278 e. The Kier molecular flexibility index (Phi) is 6.49. The van der Waals surface area contributed by atoms with E-state index in [-0.39, 0.29) is 23.1 Å². The van der Waals surface area contributed by atoms with Gasteiger partial charge >= 0.3 is 0 Å². The summed E-state index contributed by atoms with van der Waals surface area (Å²) in [5.74, 6) is -0.365. The highest BCUT2D eigenvalue weighted by Crippen LogP contribution is 2.16. The van der Waals surface area contributed by atoms with E-state index in [0.717, 1.165) is 17.7 Å². The first kappa shape index (κ1) is 20.8. The van der Waals surface area contributed by atoms with Crippen LogP contribution in [0.3, 0.4) is 0 Å². The average Bonchev–Trinajstić information content (AvgIpc) is 2.73. The van der Waals surface area contributed by atoms with Gasteiger partial charge < -0.3 is 4.90 Å². The number of benzene rings is 2. The van der Waals surface area contributed by atoms with Gasteiger partial charge in [-0.2, -0.15) is 5.10 Å². The van der Waals surface area contributed by atoms with Crippen molar-refractivity contribution in [3.05, 3.63) is 92.9 Å². The molecule has 2 aromatic carbocycles. The molecule has 0 unspecified atom stereocenters. The summed E-state index contributed by atoms with van der Waals surface area (Å²) >= 11 is 5.97. The van der Waals surface area contributed by atoms with Crippen LogP contribution in [0.25, 0.3) is 5.69 Å². The summed E-state index contributed by atoms with van der Waals surface area (Å²) in [5.41, 5.74) is 1.93. The van der Waals surface area contributed by atoms with Crippen LogP contribution in [0, 0.1) is 6.92 Å². The molecule has 0 N–H and O–H groups in total. The Morgan fingerprint density at radius 3 is 2.41 bits per heavy atom. The van der Waals surface area contributed by atoms with Gasteiger partial charge in [0.1, 0.15) is 0 Å². The fourth-order valence-electron chi connectivity index (χ4n) is 3.10. The quantitative estimate of drug-likeness (QED) is 0.596. The maximum atomic E-state index is 13.3. The first-order valence-corrected chi connectivity index (χ1v) is 10.00. The highest BCUT2D eigenvalue weighted by Gasteiger charge is 2.25. The van der Waals surface area contributed by atoms with Crippen molar-refractivity contribution < 1.29 is 4.79 Å². The lowest BCUT2D eigenvalue weighted by atomic mass is 10.1. The monoisotopic (exact) mass is 409 g/mol. The molecule has 0 aliphatic heterocycles. The predicted molar refractivity (Wildman–Crippen MR) is 116 cm³/mol. The molecule has 29 heavy (non-hydrogen) atoms. The van der Waals surface area contributed by atoms with E-state index < -0.39 is 0 Å². The van der Waals surface area contributed by atoms with E-state index in [9.17, 15) is 9.59 Å². The molecular weight excluding hydrogens is 386 g/mol. The molecule has 150 valence electrons. The number of carbonyl (C=O) groups is 1. The number of hydrogen-bond acceptors (Lipinski definition) is 3. The molecule has 3 rings (SSSR count).